The monoisotopic (exact) mass is 262 g/mol. The summed E-state index contributed by atoms with van der Waals surface area (Å²) in [6.45, 7) is 4.11. The number of rotatable bonds is 4. The van der Waals surface area contributed by atoms with Crippen molar-refractivity contribution in [3.63, 3.8) is 0 Å². The molecule has 100 valence electrons. The molecule has 7 heteroatoms. The van der Waals surface area contributed by atoms with Gasteiger partial charge in [-0.3, -0.25) is 0 Å². The number of anilines is 2. The molecule has 0 saturated carbocycles. The summed E-state index contributed by atoms with van der Waals surface area (Å²) in [5, 5.41) is 15.8. The number of nitrogens with zero attached hydrogens (tertiary/aromatic N) is 2. The van der Waals surface area contributed by atoms with E-state index >= 15 is 0 Å². The van der Waals surface area contributed by atoms with Crippen LogP contribution in [0, 0.1) is 13.8 Å². The number of carboxylic acids is 1. The summed E-state index contributed by atoms with van der Waals surface area (Å²) in [5.41, 5.74) is 7.41. The SMILES string of the molecule is Cc1noc(C)c1CNc1cc(C(=O)O)c(N)cn1. The number of nitrogen functional groups attached to an aromatic ring is 1. The number of aryl methyl sites for hydroxylation is 2. The van der Waals surface area contributed by atoms with E-state index in [0.717, 1.165) is 17.0 Å². The van der Waals surface area contributed by atoms with Crippen molar-refractivity contribution in [3.05, 3.63) is 34.8 Å². The van der Waals surface area contributed by atoms with Gasteiger partial charge in [0.05, 0.1) is 23.1 Å². The number of nitrogens with two attached hydrogens (primary N) is 1. The Morgan fingerprint density at radius 1 is 1.53 bits per heavy atom. The molecule has 0 radical (unpaired) electrons. The van der Waals surface area contributed by atoms with Gasteiger partial charge in [-0.15, -0.1) is 0 Å². The van der Waals surface area contributed by atoms with Gasteiger partial charge >= 0.3 is 5.97 Å². The second-order valence-corrected chi connectivity index (χ2v) is 4.12. The second-order valence-electron chi connectivity index (χ2n) is 4.12. The van der Waals surface area contributed by atoms with Gasteiger partial charge in [-0.2, -0.15) is 0 Å². The van der Waals surface area contributed by atoms with Crippen LogP contribution in [0.2, 0.25) is 0 Å². The van der Waals surface area contributed by atoms with E-state index in [2.05, 4.69) is 15.5 Å². The minimum atomic E-state index is -1.08. The van der Waals surface area contributed by atoms with E-state index in [-0.39, 0.29) is 11.3 Å². The summed E-state index contributed by atoms with van der Waals surface area (Å²) < 4.78 is 5.04. The van der Waals surface area contributed by atoms with Crippen LogP contribution >= 0.6 is 0 Å². The highest BCUT2D eigenvalue weighted by Crippen LogP contribution is 2.17. The maximum absolute atomic E-state index is 11.0. The van der Waals surface area contributed by atoms with E-state index in [9.17, 15) is 4.79 Å². The highest BCUT2D eigenvalue weighted by Gasteiger charge is 2.11. The van der Waals surface area contributed by atoms with Crippen molar-refractivity contribution >= 4 is 17.5 Å². The lowest BCUT2D eigenvalue weighted by molar-refractivity contribution is 0.0698. The third-order valence-electron chi connectivity index (χ3n) is 2.79. The van der Waals surface area contributed by atoms with Crippen LogP contribution in [0.4, 0.5) is 11.5 Å². The second kappa shape index (κ2) is 4.97. The zero-order valence-corrected chi connectivity index (χ0v) is 10.6. The Bertz CT molecular complexity index is 602. The lowest BCUT2D eigenvalue weighted by Gasteiger charge is -2.07. The summed E-state index contributed by atoms with van der Waals surface area (Å²) in [6.07, 6.45) is 1.32. The van der Waals surface area contributed by atoms with Crippen molar-refractivity contribution in [2.75, 3.05) is 11.1 Å². The van der Waals surface area contributed by atoms with Gasteiger partial charge in [-0.25, -0.2) is 9.78 Å². The zero-order valence-electron chi connectivity index (χ0n) is 10.6. The molecule has 0 saturated heterocycles. The van der Waals surface area contributed by atoms with Crippen molar-refractivity contribution < 1.29 is 14.4 Å². The van der Waals surface area contributed by atoms with Gasteiger partial charge in [-0.05, 0) is 19.9 Å². The Balaban J connectivity index is 2.16. The van der Waals surface area contributed by atoms with Crippen LogP contribution in [0.3, 0.4) is 0 Å². The Hall–Kier alpha value is -2.57. The predicted molar refractivity (Wildman–Crippen MR) is 68.9 cm³/mol. The van der Waals surface area contributed by atoms with Crippen LogP contribution < -0.4 is 11.1 Å². The van der Waals surface area contributed by atoms with E-state index < -0.39 is 5.97 Å². The van der Waals surface area contributed by atoms with E-state index in [1.165, 1.54) is 12.3 Å². The van der Waals surface area contributed by atoms with Crippen molar-refractivity contribution in [1.29, 1.82) is 0 Å². The number of carboxylic acid groups (broad SMARTS) is 1. The molecule has 0 spiro atoms. The number of nitrogens with one attached hydrogen (secondary N) is 1. The fourth-order valence-electron chi connectivity index (χ4n) is 1.68. The van der Waals surface area contributed by atoms with Gasteiger partial charge in [0, 0.05) is 12.1 Å². The molecular weight excluding hydrogens is 248 g/mol. The van der Waals surface area contributed by atoms with Gasteiger partial charge in [0.15, 0.2) is 0 Å². The van der Waals surface area contributed by atoms with E-state index in [1.54, 1.807) is 0 Å². The highest BCUT2D eigenvalue weighted by atomic mass is 16.5. The molecule has 4 N–H and O–H groups in total. The highest BCUT2D eigenvalue weighted by molar-refractivity contribution is 5.94. The van der Waals surface area contributed by atoms with E-state index in [1.807, 2.05) is 13.8 Å². The Labute approximate surface area is 109 Å². The van der Waals surface area contributed by atoms with Crippen molar-refractivity contribution in [3.8, 4) is 0 Å². The lowest BCUT2D eigenvalue weighted by atomic mass is 10.2. The van der Waals surface area contributed by atoms with Crippen molar-refractivity contribution in [2.45, 2.75) is 20.4 Å². The van der Waals surface area contributed by atoms with Gasteiger partial charge in [0.25, 0.3) is 0 Å². The number of hydrogen-bond donors (Lipinski definition) is 3. The number of carbonyl (C=O) groups is 1. The molecule has 0 amide bonds. The fourth-order valence-corrected chi connectivity index (χ4v) is 1.68. The molecule has 0 aliphatic carbocycles. The molecule has 0 aromatic carbocycles. The predicted octanol–water partition coefficient (Wildman–Crippen LogP) is 1.58. The Morgan fingerprint density at radius 3 is 2.84 bits per heavy atom. The van der Waals surface area contributed by atoms with Crippen molar-refractivity contribution in [1.82, 2.24) is 10.1 Å². The van der Waals surface area contributed by atoms with E-state index in [4.69, 9.17) is 15.4 Å². The summed E-state index contributed by atoms with van der Waals surface area (Å²) >= 11 is 0. The first kappa shape index (κ1) is 12.9. The molecule has 2 rings (SSSR count). The fraction of sp³-hybridized carbons (Fsp3) is 0.250. The Kier molecular flexibility index (Phi) is 3.37. The Morgan fingerprint density at radius 2 is 2.26 bits per heavy atom. The normalized spacial score (nSPS) is 10.4. The van der Waals surface area contributed by atoms with Crippen LogP contribution in [-0.2, 0) is 6.54 Å². The number of hydrogen-bond acceptors (Lipinski definition) is 6. The molecular formula is C12H14N4O3. The molecule has 0 unspecified atom stereocenters. The van der Waals surface area contributed by atoms with Crippen molar-refractivity contribution in [2.24, 2.45) is 0 Å². The number of pyridine rings is 1. The lowest BCUT2D eigenvalue weighted by Crippen LogP contribution is -2.07. The first-order valence-electron chi connectivity index (χ1n) is 5.63. The average molecular weight is 262 g/mol. The van der Waals surface area contributed by atoms with Gasteiger partial charge in [0.2, 0.25) is 0 Å². The summed E-state index contributed by atoms with van der Waals surface area (Å²) in [4.78, 5) is 15.0. The number of aromatic nitrogens is 2. The third kappa shape index (κ3) is 2.65. The summed E-state index contributed by atoms with van der Waals surface area (Å²) in [6, 6.07) is 1.40. The van der Waals surface area contributed by atoms with Gasteiger partial charge in [0.1, 0.15) is 11.6 Å². The molecule has 0 bridgehead atoms. The molecule has 0 atom stereocenters. The molecule has 2 heterocycles. The van der Waals surface area contributed by atoms with Gasteiger partial charge < -0.3 is 20.7 Å². The summed E-state index contributed by atoms with van der Waals surface area (Å²) in [7, 11) is 0. The first-order valence-corrected chi connectivity index (χ1v) is 5.63. The molecule has 0 aliphatic rings. The molecule has 2 aromatic rings. The largest absolute Gasteiger partial charge is 0.478 e. The maximum atomic E-state index is 11.0. The quantitative estimate of drug-likeness (QED) is 0.766. The molecule has 0 fully saturated rings. The van der Waals surface area contributed by atoms with E-state index in [0.29, 0.717) is 12.4 Å². The van der Waals surface area contributed by atoms with Gasteiger partial charge in [-0.1, -0.05) is 5.16 Å². The van der Waals surface area contributed by atoms with Crippen LogP contribution in [0.25, 0.3) is 0 Å². The van der Waals surface area contributed by atoms with Crippen LogP contribution in [-0.4, -0.2) is 21.2 Å². The van der Waals surface area contributed by atoms with Crippen LogP contribution in [0.1, 0.15) is 27.4 Å². The maximum Gasteiger partial charge on any atom is 0.337 e. The molecule has 0 aliphatic heterocycles. The summed E-state index contributed by atoms with van der Waals surface area (Å²) in [5.74, 6) is 0.0748. The average Bonchev–Trinajstić information content (AvgIpc) is 2.68. The molecule has 7 nitrogen and oxygen atoms in total. The molecule has 2 aromatic heterocycles. The topological polar surface area (TPSA) is 114 Å². The van der Waals surface area contributed by atoms with Crippen LogP contribution in [0.5, 0.6) is 0 Å². The minimum absolute atomic E-state index is 0.0243. The minimum Gasteiger partial charge on any atom is -0.478 e. The van der Waals surface area contributed by atoms with Crippen LogP contribution in [0.15, 0.2) is 16.8 Å². The third-order valence-corrected chi connectivity index (χ3v) is 2.79. The smallest absolute Gasteiger partial charge is 0.337 e. The number of aromatic carboxylic acids is 1. The zero-order chi connectivity index (χ0) is 14.0. The first-order chi connectivity index (χ1) is 8.99. The molecule has 19 heavy (non-hydrogen) atoms. The standard InChI is InChI=1S/C12H14N4O3/c1-6-9(7(2)19-16-6)4-14-11-3-8(12(17)18)10(13)5-15-11/h3,5H,4,13H2,1-2H3,(H,14,15)(H,17,18).